The standard InChI is InChI=1S/C13H17BrN2O4/c1-3-5-9(8-20-2)15-13(17)10-6-4-7-11(12(10)14)16(18)19/h4,6-7,9H,3,5,8H2,1-2H3,(H,15,17). The summed E-state index contributed by atoms with van der Waals surface area (Å²) in [6.07, 6.45) is 1.69. The number of methoxy groups -OCH3 is 1. The zero-order valence-electron chi connectivity index (χ0n) is 11.4. The predicted molar refractivity (Wildman–Crippen MR) is 78.8 cm³/mol. The molecule has 0 radical (unpaired) electrons. The van der Waals surface area contributed by atoms with Gasteiger partial charge in [0.15, 0.2) is 0 Å². The predicted octanol–water partition coefficient (Wildman–Crippen LogP) is 2.90. The van der Waals surface area contributed by atoms with Crippen molar-refractivity contribution < 1.29 is 14.5 Å². The molecule has 20 heavy (non-hydrogen) atoms. The summed E-state index contributed by atoms with van der Waals surface area (Å²) in [4.78, 5) is 22.5. The van der Waals surface area contributed by atoms with Gasteiger partial charge >= 0.3 is 0 Å². The summed E-state index contributed by atoms with van der Waals surface area (Å²) in [5, 5.41) is 13.7. The van der Waals surface area contributed by atoms with Crippen LogP contribution in [0.15, 0.2) is 22.7 Å². The lowest BCUT2D eigenvalue weighted by Gasteiger charge is -2.17. The van der Waals surface area contributed by atoms with Crippen LogP contribution in [0.3, 0.4) is 0 Å². The molecule has 1 rings (SSSR count). The van der Waals surface area contributed by atoms with Crippen molar-refractivity contribution >= 4 is 27.5 Å². The Morgan fingerprint density at radius 3 is 2.80 bits per heavy atom. The summed E-state index contributed by atoms with van der Waals surface area (Å²) >= 11 is 3.12. The van der Waals surface area contributed by atoms with E-state index in [1.165, 1.54) is 12.1 Å². The topological polar surface area (TPSA) is 81.5 Å². The summed E-state index contributed by atoms with van der Waals surface area (Å²) in [6, 6.07) is 4.27. The van der Waals surface area contributed by atoms with Gasteiger partial charge in [-0.1, -0.05) is 19.4 Å². The maximum Gasteiger partial charge on any atom is 0.284 e. The van der Waals surface area contributed by atoms with Gasteiger partial charge in [-0.15, -0.1) is 0 Å². The van der Waals surface area contributed by atoms with Gasteiger partial charge in [-0.2, -0.15) is 0 Å². The third kappa shape index (κ3) is 4.28. The highest BCUT2D eigenvalue weighted by atomic mass is 79.9. The van der Waals surface area contributed by atoms with Crippen LogP contribution in [0.1, 0.15) is 30.1 Å². The molecule has 0 saturated heterocycles. The van der Waals surface area contributed by atoms with Gasteiger partial charge in [-0.25, -0.2) is 0 Å². The summed E-state index contributed by atoms with van der Waals surface area (Å²) < 4.78 is 5.24. The fourth-order valence-electron chi connectivity index (χ4n) is 1.85. The highest BCUT2D eigenvalue weighted by molar-refractivity contribution is 9.10. The smallest absolute Gasteiger partial charge is 0.284 e. The molecule has 1 aromatic rings. The molecule has 0 heterocycles. The molecule has 0 fully saturated rings. The Labute approximate surface area is 125 Å². The zero-order valence-corrected chi connectivity index (χ0v) is 13.0. The lowest BCUT2D eigenvalue weighted by molar-refractivity contribution is -0.385. The van der Waals surface area contributed by atoms with E-state index in [9.17, 15) is 14.9 Å². The van der Waals surface area contributed by atoms with Gasteiger partial charge in [-0.05, 0) is 28.4 Å². The Bertz CT molecular complexity index is 487. The van der Waals surface area contributed by atoms with Crippen molar-refractivity contribution in [2.45, 2.75) is 25.8 Å². The molecule has 1 atom stereocenters. The molecule has 0 aromatic heterocycles. The summed E-state index contributed by atoms with van der Waals surface area (Å²) in [6.45, 7) is 2.42. The third-order valence-corrected chi connectivity index (χ3v) is 3.59. The van der Waals surface area contributed by atoms with Gasteiger partial charge in [0.25, 0.3) is 11.6 Å². The number of halogens is 1. The molecule has 0 aliphatic carbocycles. The van der Waals surface area contributed by atoms with Crippen LogP contribution in [0, 0.1) is 10.1 Å². The van der Waals surface area contributed by atoms with Crippen molar-refractivity contribution in [2.75, 3.05) is 13.7 Å². The molecular weight excluding hydrogens is 328 g/mol. The Hall–Kier alpha value is -1.47. The van der Waals surface area contributed by atoms with E-state index in [1.54, 1.807) is 13.2 Å². The maximum atomic E-state index is 12.2. The number of amides is 1. The average Bonchev–Trinajstić information content (AvgIpc) is 2.39. The number of benzene rings is 1. The second-order valence-corrected chi connectivity index (χ2v) is 5.10. The van der Waals surface area contributed by atoms with E-state index >= 15 is 0 Å². The SMILES string of the molecule is CCCC(COC)NC(=O)c1cccc([N+](=O)[O-])c1Br. The first-order chi connectivity index (χ1) is 9.51. The molecule has 1 unspecified atom stereocenters. The van der Waals surface area contributed by atoms with Crippen LogP contribution in [-0.2, 0) is 4.74 Å². The Balaban J connectivity index is 2.91. The van der Waals surface area contributed by atoms with Crippen LogP contribution in [0.5, 0.6) is 0 Å². The summed E-state index contributed by atoms with van der Waals surface area (Å²) in [5.74, 6) is -0.351. The van der Waals surface area contributed by atoms with Crippen LogP contribution in [0.25, 0.3) is 0 Å². The van der Waals surface area contributed by atoms with Crippen LogP contribution >= 0.6 is 15.9 Å². The quantitative estimate of drug-likeness (QED) is 0.609. The minimum Gasteiger partial charge on any atom is -0.383 e. The number of nitrogens with one attached hydrogen (secondary N) is 1. The molecule has 0 bridgehead atoms. The monoisotopic (exact) mass is 344 g/mol. The largest absolute Gasteiger partial charge is 0.383 e. The van der Waals surface area contributed by atoms with E-state index in [0.29, 0.717) is 6.61 Å². The maximum absolute atomic E-state index is 12.2. The Morgan fingerprint density at radius 1 is 1.55 bits per heavy atom. The third-order valence-electron chi connectivity index (χ3n) is 2.76. The van der Waals surface area contributed by atoms with Crippen molar-refractivity contribution in [1.82, 2.24) is 5.32 Å². The number of hydrogen-bond donors (Lipinski definition) is 1. The fraction of sp³-hybridized carbons (Fsp3) is 0.462. The van der Waals surface area contributed by atoms with Crippen LogP contribution in [0.4, 0.5) is 5.69 Å². The molecule has 1 aromatic carbocycles. The van der Waals surface area contributed by atoms with E-state index < -0.39 is 4.92 Å². The lowest BCUT2D eigenvalue weighted by atomic mass is 10.1. The van der Waals surface area contributed by atoms with E-state index in [-0.39, 0.29) is 27.7 Å². The van der Waals surface area contributed by atoms with Gasteiger partial charge < -0.3 is 10.1 Å². The first-order valence-corrected chi connectivity index (χ1v) is 7.03. The highest BCUT2D eigenvalue weighted by Gasteiger charge is 2.21. The number of nitrogens with zero attached hydrogens (tertiary/aromatic N) is 1. The molecule has 7 heteroatoms. The summed E-state index contributed by atoms with van der Waals surface area (Å²) in [7, 11) is 1.57. The van der Waals surface area contributed by atoms with Gasteiger partial charge in [0.2, 0.25) is 0 Å². The lowest BCUT2D eigenvalue weighted by Crippen LogP contribution is -2.38. The first-order valence-electron chi connectivity index (χ1n) is 6.24. The fourth-order valence-corrected chi connectivity index (χ4v) is 2.44. The molecule has 110 valence electrons. The van der Waals surface area contributed by atoms with E-state index in [1.807, 2.05) is 6.92 Å². The van der Waals surface area contributed by atoms with Gasteiger partial charge in [0, 0.05) is 13.2 Å². The molecule has 1 N–H and O–H groups in total. The zero-order chi connectivity index (χ0) is 15.1. The molecule has 0 spiro atoms. The molecular formula is C13H17BrN2O4. The number of ether oxygens (including phenoxy) is 1. The van der Waals surface area contributed by atoms with Crippen molar-refractivity contribution in [3.05, 3.63) is 38.3 Å². The summed E-state index contributed by atoms with van der Waals surface area (Å²) in [5.41, 5.74) is 0.118. The van der Waals surface area contributed by atoms with E-state index in [4.69, 9.17) is 4.74 Å². The second kappa shape index (κ2) is 7.96. The number of nitro benzene ring substituents is 1. The van der Waals surface area contributed by atoms with Crippen LogP contribution in [-0.4, -0.2) is 30.6 Å². The first kappa shape index (κ1) is 16.6. The minimum atomic E-state index is -0.528. The molecule has 0 saturated carbocycles. The second-order valence-electron chi connectivity index (χ2n) is 4.31. The van der Waals surface area contributed by atoms with Crippen LogP contribution < -0.4 is 5.32 Å². The number of hydrogen-bond acceptors (Lipinski definition) is 4. The van der Waals surface area contributed by atoms with Gasteiger partial charge in [0.05, 0.1) is 23.1 Å². The van der Waals surface area contributed by atoms with Crippen molar-refractivity contribution in [3.8, 4) is 0 Å². The molecule has 1 amide bonds. The number of carbonyl (C=O) groups is 1. The Morgan fingerprint density at radius 2 is 2.25 bits per heavy atom. The molecule has 6 nitrogen and oxygen atoms in total. The van der Waals surface area contributed by atoms with Crippen molar-refractivity contribution in [1.29, 1.82) is 0 Å². The van der Waals surface area contributed by atoms with Crippen molar-refractivity contribution in [3.63, 3.8) is 0 Å². The van der Waals surface area contributed by atoms with Crippen LogP contribution in [0.2, 0.25) is 0 Å². The molecule has 0 aliphatic heterocycles. The van der Waals surface area contributed by atoms with E-state index in [2.05, 4.69) is 21.2 Å². The number of rotatable bonds is 7. The minimum absolute atomic E-state index is 0.108. The Kier molecular flexibility index (Phi) is 6.60. The van der Waals surface area contributed by atoms with Gasteiger partial charge in [-0.3, -0.25) is 14.9 Å². The number of carbonyl (C=O) groups excluding carboxylic acids is 1. The van der Waals surface area contributed by atoms with Crippen molar-refractivity contribution in [2.24, 2.45) is 0 Å². The van der Waals surface area contributed by atoms with Gasteiger partial charge in [0.1, 0.15) is 4.47 Å². The normalized spacial score (nSPS) is 11.9. The molecule has 0 aliphatic rings. The highest BCUT2D eigenvalue weighted by Crippen LogP contribution is 2.28. The number of nitro groups is 1. The average molecular weight is 345 g/mol. The van der Waals surface area contributed by atoms with E-state index in [0.717, 1.165) is 12.8 Å².